The largest absolute Gasteiger partial charge is 0.502 e. The number of hydrogen-bond acceptors (Lipinski definition) is 4. The predicted octanol–water partition coefficient (Wildman–Crippen LogP) is 1.02. The molecule has 0 radical (unpaired) electrons. The van der Waals surface area contributed by atoms with Gasteiger partial charge in [-0.25, -0.2) is 4.79 Å². The number of aromatic nitrogens is 1. The zero-order valence-electron chi connectivity index (χ0n) is 8.48. The quantitative estimate of drug-likeness (QED) is 0.702. The summed E-state index contributed by atoms with van der Waals surface area (Å²) in [5.74, 6) is -1.40. The number of aromatic amines is 1. The number of H-pyrrole nitrogens is 1. The van der Waals surface area contributed by atoms with Crippen LogP contribution >= 0.6 is 0 Å². The van der Waals surface area contributed by atoms with Crippen LogP contribution in [0.15, 0.2) is 29.1 Å². The van der Waals surface area contributed by atoms with Gasteiger partial charge < -0.3 is 14.8 Å². The van der Waals surface area contributed by atoms with Crippen molar-refractivity contribution in [1.29, 1.82) is 0 Å². The number of hydrogen-bond donors (Lipinski definition) is 2. The van der Waals surface area contributed by atoms with Gasteiger partial charge in [-0.3, -0.25) is 4.79 Å². The molecule has 0 bridgehead atoms. The lowest BCUT2D eigenvalue weighted by atomic mass is 10.2. The number of benzene rings is 1. The van der Waals surface area contributed by atoms with Crippen molar-refractivity contribution in [3.05, 3.63) is 40.2 Å². The third-order valence-electron chi connectivity index (χ3n) is 2.27. The number of carbonyl (C=O) groups excluding carboxylic acids is 1. The summed E-state index contributed by atoms with van der Waals surface area (Å²) in [6.45, 7) is 0. The van der Waals surface area contributed by atoms with Gasteiger partial charge in [-0.15, -0.1) is 0 Å². The fraction of sp³-hybridized carbons (Fsp3) is 0.0909. The summed E-state index contributed by atoms with van der Waals surface area (Å²) in [5.41, 5.74) is -0.341. The summed E-state index contributed by atoms with van der Waals surface area (Å²) in [6.07, 6.45) is 0. The van der Waals surface area contributed by atoms with E-state index in [0.717, 1.165) is 0 Å². The minimum absolute atomic E-state index is 0.230. The second-order valence-electron chi connectivity index (χ2n) is 3.21. The number of carbonyl (C=O) groups is 1. The molecule has 0 aliphatic carbocycles. The van der Waals surface area contributed by atoms with Gasteiger partial charge in [0.1, 0.15) is 0 Å². The summed E-state index contributed by atoms with van der Waals surface area (Å²) < 4.78 is 4.45. The van der Waals surface area contributed by atoms with Crippen LogP contribution in [-0.4, -0.2) is 23.2 Å². The average molecular weight is 219 g/mol. The summed E-state index contributed by atoms with van der Waals surface area (Å²) in [6, 6.07) is 6.60. The molecular weight excluding hydrogens is 210 g/mol. The maximum Gasteiger partial charge on any atom is 0.358 e. The van der Waals surface area contributed by atoms with Gasteiger partial charge in [0.25, 0.3) is 0 Å². The Kier molecular flexibility index (Phi) is 2.36. The van der Waals surface area contributed by atoms with Gasteiger partial charge in [0, 0.05) is 5.39 Å². The Balaban J connectivity index is 2.84. The van der Waals surface area contributed by atoms with Crippen LogP contribution in [0.25, 0.3) is 10.9 Å². The second-order valence-corrected chi connectivity index (χ2v) is 3.21. The van der Waals surface area contributed by atoms with Crippen LogP contribution in [0.5, 0.6) is 5.75 Å². The molecule has 0 saturated carbocycles. The number of pyridine rings is 1. The Morgan fingerprint density at radius 3 is 2.75 bits per heavy atom. The smallest absolute Gasteiger partial charge is 0.358 e. The van der Waals surface area contributed by atoms with Crippen LogP contribution in [0.1, 0.15) is 10.5 Å². The van der Waals surface area contributed by atoms with Gasteiger partial charge in [0.2, 0.25) is 5.43 Å². The van der Waals surface area contributed by atoms with Gasteiger partial charge >= 0.3 is 5.97 Å². The zero-order chi connectivity index (χ0) is 11.7. The van der Waals surface area contributed by atoms with Gasteiger partial charge in [0.15, 0.2) is 11.4 Å². The molecule has 2 aromatic rings. The van der Waals surface area contributed by atoms with Gasteiger partial charge in [-0.2, -0.15) is 0 Å². The molecule has 1 aromatic heterocycles. The van der Waals surface area contributed by atoms with E-state index in [1.807, 2.05) is 0 Å². The van der Waals surface area contributed by atoms with Crippen molar-refractivity contribution in [2.24, 2.45) is 0 Å². The molecule has 2 N–H and O–H groups in total. The first-order valence-corrected chi connectivity index (χ1v) is 4.57. The first-order valence-electron chi connectivity index (χ1n) is 4.57. The van der Waals surface area contributed by atoms with Crippen molar-refractivity contribution in [3.63, 3.8) is 0 Å². The van der Waals surface area contributed by atoms with Crippen LogP contribution in [0.4, 0.5) is 0 Å². The van der Waals surface area contributed by atoms with E-state index in [9.17, 15) is 14.7 Å². The van der Waals surface area contributed by atoms with Crippen molar-refractivity contribution < 1.29 is 14.6 Å². The summed E-state index contributed by atoms with van der Waals surface area (Å²) >= 11 is 0. The summed E-state index contributed by atoms with van der Waals surface area (Å²) in [7, 11) is 1.18. The molecule has 0 saturated heterocycles. The molecule has 0 fully saturated rings. The number of para-hydroxylation sites is 1. The molecule has 5 heteroatoms. The van der Waals surface area contributed by atoms with Crippen LogP contribution < -0.4 is 5.43 Å². The third kappa shape index (κ3) is 1.42. The molecule has 16 heavy (non-hydrogen) atoms. The Hall–Kier alpha value is -2.30. The van der Waals surface area contributed by atoms with Crippen LogP contribution in [-0.2, 0) is 4.74 Å². The Labute approximate surface area is 90.3 Å². The molecule has 0 spiro atoms. The zero-order valence-corrected chi connectivity index (χ0v) is 8.48. The Morgan fingerprint density at radius 1 is 1.38 bits per heavy atom. The second kappa shape index (κ2) is 3.69. The minimum Gasteiger partial charge on any atom is -0.502 e. The lowest BCUT2D eigenvalue weighted by molar-refractivity contribution is 0.0590. The number of ether oxygens (including phenoxy) is 1. The molecule has 5 nitrogen and oxygen atoms in total. The SMILES string of the molecule is COC(=O)c1[nH]c2ccccc2c(=O)c1O. The molecule has 0 amide bonds. The summed E-state index contributed by atoms with van der Waals surface area (Å²) in [4.78, 5) is 25.6. The summed E-state index contributed by atoms with van der Waals surface area (Å²) in [5, 5.41) is 9.88. The predicted molar refractivity (Wildman–Crippen MR) is 57.6 cm³/mol. The fourth-order valence-electron chi connectivity index (χ4n) is 1.47. The maximum absolute atomic E-state index is 11.7. The van der Waals surface area contributed by atoms with Gasteiger partial charge in [0.05, 0.1) is 12.6 Å². The third-order valence-corrected chi connectivity index (χ3v) is 2.27. The lowest BCUT2D eigenvalue weighted by Crippen LogP contribution is -2.12. The van der Waals surface area contributed by atoms with Crippen LogP contribution in [0.3, 0.4) is 0 Å². The minimum atomic E-state index is -0.777. The molecule has 1 heterocycles. The van der Waals surface area contributed by atoms with E-state index in [1.54, 1.807) is 24.3 Å². The standard InChI is InChI=1S/C11H9NO4/c1-16-11(15)8-10(14)9(13)6-4-2-3-5-7(6)12-8/h2-5,14H,1H3,(H,12,13). The average Bonchev–Trinajstić information content (AvgIpc) is 2.33. The number of methoxy groups -OCH3 is 1. The highest BCUT2D eigenvalue weighted by Gasteiger charge is 2.17. The van der Waals surface area contributed by atoms with Crippen molar-refractivity contribution >= 4 is 16.9 Å². The topological polar surface area (TPSA) is 79.4 Å². The first kappa shape index (κ1) is 10.2. The number of fused-ring (bicyclic) bond motifs is 1. The monoisotopic (exact) mass is 219 g/mol. The maximum atomic E-state index is 11.7. The highest BCUT2D eigenvalue weighted by Crippen LogP contribution is 2.16. The van der Waals surface area contributed by atoms with Gasteiger partial charge in [-0.05, 0) is 12.1 Å². The van der Waals surface area contributed by atoms with Crippen molar-refractivity contribution in [1.82, 2.24) is 4.98 Å². The Bertz CT molecular complexity index is 615. The van der Waals surface area contributed by atoms with E-state index >= 15 is 0 Å². The molecule has 0 aliphatic heterocycles. The van der Waals surface area contributed by atoms with E-state index in [4.69, 9.17) is 0 Å². The van der Waals surface area contributed by atoms with Crippen molar-refractivity contribution in [2.75, 3.05) is 7.11 Å². The first-order chi connectivity index (χ1) is 7.65. The molecule has 0 aliphatic rings. The number of aromatic hydroxyl groups is 1. The van der Waals surface area contributed by atoms with Crippen molar-refractivity contribution in [3.8, 4) is 5.75 Å². The molecule has 0 atom stereocenters. The normalized spacial score (nSPS) is 10.3. The highest BCUT2D eigenvalue weighted by molar-refractivity contribution is 5.94. The number of nitrogens with one attached hydrogen (secondary N) is 1. The van der Waals surface area contributed by atoms with Crippen molar-refractivity contribution in [2.45, 2.75) is 0 Å². The molecule has 2 rings (SSSR count). The van der Waals surface area contributed by atoms with E-state index in [0.29, 0.717) is 10.9 Å². The van der Waals surface area contributed by atoms with E-state index in [1.165, 1.54) is 7.11 Å². The highest BCUT2D eigenvalue weighted by atomic mass is 16.5. The lowest BCUT2D eigenvalue weighted by Gasteiger charge is -2.04. The molecule has 0 unspecified atom stereocenters. The molecular formula is C11H9NO4. The van der Waals surface area contributed by atoms with E-state index < -0.39 is 17.1 Å². The van der Waals surface area contributed by atoms with Crippen LogP contribution in [0.2, 0.25) is 0 Å². The number of rotatable bonds is 1. The Morgan fingerprint density at radius 2 is 2.06 bits per heavy atom. The fourth-order valence-corrected chi connectivity index (χ4v) is 1.47. The molecule has 1 aromatic carbocycles. The van der Waals surface area contributed by atoms with Gasteiger partial charge in [-0.1, -0.05) is 12.1 Å². The van der Waals surface area contributed by atoms with E-state index in [2.05, 4.69) is 9.72 Å². The van der Waals surface area contributed by atoms with Crippen LogP contribution in [0, 0.1) is 0 Å². The number of esters is 1. The molecule has 82 valence electrons. The van der Waals surface area contributed by atoms with E-state index in [-0.39, 0.29) is 5.69 Å².